The van der Waals surface area contributed by atoms with Crippen molar-refractivity contribution >= 4 is 17.6 Å². The molecule has 0 saturated heterocycles. The molecule has 0 saturated carbocycles. The second-order valence-corrected chi connectivity index (χ2v) is 8.18. The summed E-state index contributed by atoms with van der Waals surface area (Å²) in [6.45, 7) is 1.79. The minimum Gasteiger partial charge on any atom is -0.493 e. The van der Waals surface area contributed by atoms with Crippen LogP contribution in [0.2, 0.25) is 0 Å². The number of ether oxygens (including phenoxy) is 3. The fraction of sp³-hybridized carbons (Fsp3) is 0.259. The van der Waals surface area contributed by atoms with Crippen molar-refractivity contribution in [2.24, 2.45) is 0 Å². The highest BCUT2D eigenvalue weighted by Crippen LogP contribution is 2.36. The Morgan fingerprint density at radius 3 is 2.46 bits per heavy atom. The lowest BCUT2D eigenvalue weighted by molar-refractivity contribution is -0.145. The van der Waals surface area contributed by atoms with Crippen molar-refractivity contribution < 1.29 is 41.4 Å². The van der Waals surface area contributed by atoms with E-state index in [2.05, 4.69) is 0 Å². The first-order valence-corrected chi connectivity index (χ1v) is 11.5. The van der Waals surface area contributed by atoms with Crippen LogP contribution in [0.15, 0.2) is 60.7 Å². The highest BCUT2D eigenvalue weighted by Gasteiger charge is 2.33. The number of amides is 1. The first-order valence-electron chi connectivity index (χ1n) is 11.5. The first kappa shape index (κ1) is 26.0. The molecule has 10 heteroatoms. The summed E-state index contributed by atoms with van der Waals surface area (Å²) in [6.07, 6.45) is -4.08. The van der Waals surface area contributed by atoms with Crippen molar-refractivity contribution in [3.8, 4) is 11.5 Å². The number of rotatable bonds is 9. The molecule has 1 aliphatic heterocycles. The largest absolute Gasteiger partial charge is 0.493 e. The van der Waals surface area contributed by atoms with Gasteiger partial charge in [-0.1, -0.05) is 12.1 Å². The van der Waals surface area contributed by atoms with Gasteiger partial charge in [0.05, 0.1) is 25.3 Å². The Morgan fingerprint density at radius 2 is 1.76 bits per heavy atom. The summed E-state index contributed by atoms with van der Waals surface area (Å²) in [5, 5.41) is 0. The van der Waals surface area contributed by atoms with Crippen LogP contribution in [0.3, 0.4) is 0 Å². The molecule has 3 aromatic rings. The summed E-state index contributed by atoms with van der Waals surface area (Å²) in [4.78, 5) is 25.8. The number of carbonyl (C=O) groups excluding carboxylic acids is 2. The second kappa shape index (κ2) is 10.9. The zero-order valence-electron chi connectivity index (χ0n) is 19.8. The second-order valence-electron chi connectivity index (χ2n) is 8.18. The lowest BCUT2D eigenvalue weighted by Gasteiger charge is -2.17. The monoisotopic (exact) mass is 517 g/mol. The summed E-state index contributed by atoms with van der Waals surface area (Å²) in [6, 6.07) is 13.7. The van der Waals surface area contributed by atoms with Crippen LogP contribution >= 0.6 is 0 Å². The van der Waals surface area contributed by atoms with Crippen LogP contribution < -0.4 is 14.4 Å². The Bertz CT molecular complexity index is 1290. The molecule has 0 aliphatic carbocycles. The van der Waals surface area contributed by atoms with E-state index in [0.717, 1.165) is 12.1 Å². The Labute approximate surface area is 210 Å². The van der Waals surface area contributed by atoms with Gasteiger partial charge in [-0.2, -0.15) is 13.2 Å². The molecule has 1 amide bonds. The zero-order chi connectivity index (χ0) is 26.6. The normalized spacial score (nSPS) is 12.9. The van der Waals surface area contributed by atoms with Crippen LogP contribution in [0.25, 0.3) is 0 Å². The van der Waals surface area contributed by atoms with Crippen molar-refractivity contribution in [3.05, 3.63) is 88.7 Å². The molecule has 0 aromatic heterocycles. The molecule has 0 unspecified atom stereocenters. The third-order valence-electron chi connectivity index (χ3n) is 5.73. The molecule has 1 heterocycles. The number of hydrogen-bond acceptors (Lipinski definition) is 5. The third kappa shape index (κ3) is 6.02. The number of fused-ring (bicyclic) bond motifs is 1. The van der Waals surface area contributed by atoms with Gasteiger partial charge >= 0.3 is 12.1 Å². The number of nitrogens with zero attached hydrogens (tertiary/aromatic N) is 1. The van der Waals surface area contributed by atoms with E-state index in [9.17, 15) is 27.2 Å². The maximum Gasteiger partial charge on any atom is 0.416 e. The number of carbonyl (C=O) groups is 2. The summed E-state index contributed by atoms with van der Waals surface area (Å²) in [5.41, 5.74) is 1.30. The van der Waals surface area contributed by atoms with Gasteiger partial charge in [0.2, 0.25) is 0 Å². The number of hydrogen-bond donors (Lipinski definition) is 0. The van der Waals surface area contributed by atoms with E-state index in [0.29, 0.717) is 34.5 Å². The van der Waals surface area contributed by atoms with E-state index >= 15 is 0 Å². The summed E-state index contributed by atoms with van der Waals surface area (Å²) < 4.78 is 68.6. The Morgan fingerprint density at radius 1 is 1.00 bits per heavy atom. The molecule has 0 radical (unpaired) electrons. The van der Waals surface area contributed by atoms with Gasteiger partial charge in [0.1, 0.15) is 5.75 Å². The molecular formula is C27H23F4NO5. The van der Waals surface area contributed by atoms with Crippen molar-refractivity contribution in [2.75, 3.05) is 24.7 Å². The molecule has 6 nitrogen and oxygen atoms in total. The number of alkyl halides is 3. The van der Waals surface area contributed by atoms with Gasteiger partial charge in [-0.15, -0.1) is 0 Å². The molecule has 3 aromatic carbocycles. The van der Waals surface area contributed by atoms with E-state index in [1.165, 1.54) is 29.2 Å². The Hall–Kier alpha value is -4.08. The third-order valence-corrected chi connectivity index (χ3v) is 5.73. The summed E-state index contributed by atoms with van der Waals surface area (Å²) in [7, 11) is 0. The zero-order valence-corrected chi connectivity index (χ0v) is 19.8. The Balaban J connectivity index is 1.40. The SMILES string of the molecule is CCOC(=O)COc1cc(CCOc2cccc3c2CN(c2ccc(C(F)(F)F)cc2)C3=O)ccc1F. The summed E-state index contributed by atoms with van der Waals surface area (Å²) in [5.74, 6) is -1.16. The Kier molecular flexibility index (Phi) is 7.66. The van der Waals surface area contributed by atoms with E-state index in [4.69, 9.17) is 14.2 Å². The number of esters is 1. The molecular weight excluding hydrogens is 494 g/mol. The average molecular weight is 517 g/mol. The van der Waals surface area contributed by atoms with Gasteiger partial charge in [0.15, 0.2) is 18.2 Å². The number of halogens is 4. The van der Waals surface area contributed by atoms with Gasteiger partial charge in [-0.25, -0.2) is 9.18 Å². The highest BCUT2D eigenvalue weighted by molar-refractivity contribution is 6.10. The predicted molar refractivity (Wildman–Crippen MR) is 126 cm³/mol. The van der Waals surface area contributed by atoms with Crippen LogP contribution in [-0.2, 0) is 28.7 Å². The van der Waals surface area contributed by atoms with E-state index in [1.807, 2.05) is 0 Å². The molecule has 0 N–H and O–H groups in total. The maximum atomic E-state index is 14.0. The van der Waals surface area contributed by atoms with E-state index < -0.39 is 30.1 Å². The number of anilines is 1. The van der Waals surface area contributed by atoms with Crippen LogP contribution in [0.4, 0.5) is 23.2 Å². The van der Waals surface area contributed by atoms with E-state index in [-0.39, 0.29) is 31.4 Å². The van der Waals surface area contributed by atoms with Crippen molar-refractivity contribution in [3.63, 3.8) is 0 Å². The lowest BCUT2D eigenvalue weighted by atomic mass is 10.1. The minimum absolute atomic E-state index is 0.0797. The van der Waals surface area contributed by atoms with Crippen LogP contribution in [0.1, 0.15) is 34.0 Å². The highest BCUT2D eigenvalue weighted by atomic mass is 19.4. The fourth-order valence-electron chi connectivity index (χ4n) is 3.91. The molecule has 0 bridgehead atoms. The molecule has 37 heavy (non-hydrogen) atoms. The topological polar surface area (TPSA) is 65.1 Å². The molecule has 194 valence electrons. The molecule has 0 spiro atoms. The van der Waals surface area contributed by atoms with Gasteiger partial charge in [-0.05, 0) is 61.0 Å². The van der Waals surface area contributed by atoms with Crippen molar-refractivity contribution in [1.29, 1.82) is 0 Å². The molecule has 4 rings (SSSR count). The van der Waals surface area contributed by atoms with Gasteiger partial charge < -0.3 is 19.1 Å². The van der Waals surface area contributed by atoms with E-state index in [1.54, 1.807) is 31.2 Å². The number of benzene rings is 3. The average Bonchev–Trinajstić information content (AvgIpc) is 3.21. The smallest absolute Gasteiger partial charge is 0.416 e. The van der Waals surface area contributed by atoms with Gasteiger partial charge in [0, 0.05) is 23.2 Å². The standard InChI is InChI=1S/C27H23F4NO5/c1-2-35-25(33)16-37-24-14-17(6-11-22(24)28)12-13-36-23-5-3-4-20-21(23)15-32(26(20)34)19-9-7-18(8-10-19)27(29,30)31/h3-11,14H,2,12-13,15-16H2,1H3. The summed E-state index contributed by atoms with van der Waals surface area (Å²) >= 11 is 0. The van der Waals surface area contributed by atoms with Crippen LogP contribution in [0.5, 0.6) is 11.5 Å². The molecule has 1 aliphatic rings. The maximum absolute atomic E-state index is 14.0. The first-order chi connectivity index (χ1) is 17.7. The van der Waals surface area contributed by atoms with Crippen LogP contribution in [-0.4, -0.2) is 31.7 Å². The quantitative estimate of drug-likeness (QED) is 0.274. The molecule has 0 fully saturated rings. The van der Waals surface area contributed by atoms with Crippen LogP contribution in [0, 0.1) is 5.82 Å². The fourth-order valence-corrected chi connectivity index (χ4v) is 3.91. The lowest BCUT2D eigenvalue weighted by Crippen LogP contribution is -2.23. The predicted octanol–water partition coefficient (Wildman–Crippen LogP) is 5.57. The van der Waals surface area contributed by atoms with Crippen molar-refractivity contribution in [1.82, 2.24) is 0 Å². The minimum atomic E-state index is -4.46. The van der Waals surface area contributed by atoms with Crippen molar-refractivity contribution in [2.45, 2.75) is 26.1 Å². The molecule has 0 atom stereocenters. The van der Waals surface area contributed by atoms with Gasteiger partial charge in [-0.3, -0.25) is 4.79 Å². The van der Waals surface area contributed by atoms with Gasteiger partial charge in [0.25, 0.3) is 5.91 Å².